The zero-order valence-electron chi connectivity index (χ0n) is 56.3. The van der Waals surface area contributed by atoms with E-state index in [0.29, 0.717) is 17.5 Å². The Labute approximate surface area is 597 Å². The number of para-hydroxylation sites is 11. The molecule has 103 heavy (non-hydrogen) atoms. The molecule has 0 saturated carbocycles. The van der Waals surface area contributed by atoms with Crippen molar-refractivity contribution in [3.05, 3.63) is 381 Å². The maximum Gasteiger partial charge on any atom is 0.164 e. The van der Waals surface area contributed by atoms with Crippen molar-refractivity contribution in [2.75, 3.05) is 14.7 Å². The van der Waals surface area contributed by atoms with E-state index >= 15 is 0 Å². The van der Waals surface area contributed by atoms with Crippen molar-refractivity contribution in [1.29, 1.82) is 0 Å². The summed E-state index contributed by atoms with van der Waals surface area (Å²) in [5.74, 6) is 4.70. The second-order valence-electron chi connectivity index (χ2n) is 25.4. The minimum absolute atomic E-state index is 0.496. The maximum atomic E-state index is 6.73. The van der Waals surface area contributed by atoms with Gasteiger partial charge in [0.1, 0.15) is 0 Å². The van der Waals surface area contributed by atoms with E-state index in [2.05, 4.69) is 399 Å². The predicted octanol–water partition coefficient (Wildman–Crippen LogP) is 24.1. The Morgan fingerprint density at radius 2 is 0.612 bits per heavy atom. The number of anilines is 8. The third-order valence-corrected chi connectivity index (χ3v) is 19.4. The van der Waals surface area contributed by atoms with Gasteiger partial charge in [0.2, 0.25) is 0 Å². The molecule has 0 unspecified atom stereocenters. The normalized spacial score (nSPS) is 11.6. The van der Waals surface area contributed by atoms with Crippen LogP contribution in [0.1, 0.15) is 18.2 Å². The van der Waals surface area contributed by atoms with Crippen LogP contribution in [0.3, 0.4) is 0 Å². The van der Waals surface area contributed by atoms with E-state index in [-0.39, 0.29) is 0 Å². The number of nitrogens with zero attached hydrogens (tertiary/aromatic N) is 9. The van der Waals surface area contributed by atoms with E-state index in [9.17, 15) is 0 Å². The lowest BCUT2D eigenvalue weighted by molar-refractivity contribution is 1.06. The van der Waals surface area contributed by atoms with Crippen molar-refractivity contribution >= 4 is 106 Å². The Bertz CT molecular complexity index is 5890. The highest BCUT2D eigenvalue weighted by Gasteiger charge is 2.28. The molecule has 9 heteroatoms. The molecule has 0 N–H and O–H groups in total. The van der Waals surface area contributed by atoms with Crippen LogP contribution in [0.4, 0.5) is 45.5 Å². The predicted molar refractivity (Wildman–Crippen MR) is 428 cm³/mol. The van der Waals surface area contributed by atoms with Gasteiger partial charge in [-0.3, -0.25) is 0 Å². The van der Waals surface area contributed by atoms with E-state index in [1.165, 1.54) is 0 Å². The molecular weight excluding hydrogens is 1260 g/mol. The summed E-state index contributed by atoms with van der Waals surface area (Å²) in [6.07, 6.45) is 8.89. The monoisotopic (exact) mass is 1320 g/mol. The molecule has 486 valence electrons. The summed E-state index contributed by atoms with van der Waals surface area (Å²) in [5.41, 5.74) is 21.2. The van der Waals surface area contributed by atoms with Crippen LogP contribution in [0.2, 0.25) is 0 Å². The number of fused-ring (bicyclic) bond motifs is 7. The number of hydrogen-bond acceptors (Lipinski definition) is 6. The number of terminal acetylenes is 1. The van der Waals surface area contributed by atoms with Gasteiger partial charge >= 0.3 is 0 Å². The van der Waals surface area contributed by atoms with Gasteiger partial charge in [-0.1, -0.05) is 236 Å². The quantitative estimate of drug-likeness (QED) is 0.0899. The van der Waals surface area contributed by atoms with Crippen molar-refractivity contribution in [1.82, 2.24) is 28.7 Å². The average Bonchev–Trinajstić information content (AvgIpc) is 1.61. The van der Waals surface area contributed by atoms with E-state index in [4.69, 9.17) is 21.4 Å². The largest absolute Gasteiger partial charge is 0.309 e. The third-order valence-electron chi connectivity index (χ3n) is 19.4. The minimum Gasteiger partial charge on any atom is -0.309 e. The first-order chi connectivity index (χ1) is 51.1. The van der Waals surface area contributed by atoms with Crippen LogP contribution in [-0.4, -0.2) is 28.7 Å². The van der Waals surface area contributed by atoms with Crippen LogP contribution in [-0.2, 0) is 0 Å². The molecule has 4 heterocycles. The zero-order chi connectivity index (χ0) is 68.7. The Morgan fingerprint density at radius 1 is 0.311 bits per heavy atom. The number of hydrogen-bond donors (Lipinski definition) is 0. The molecule has 0 saturated heterocycles. The van der Waals surface area contributed by atoms with Gasteiger partial charge in [0, 0.05) is 94.8 Å². The SMILES string of the molecule is C#Cc1c(/C(=C\C)N(c2ccccc2)c2ccccc2)n(-c2cccc(-c3nc(-c4cccc(-n5c6ccccc6c6cccc(N(c7ccccc7)c7ccccc7)c65)c4)nc(-c4cccc(-n5c6ccccc6c6cccc(N(c7ccccc7)c7ccccc7)c65)c4)n3)c2)c2ccccc12. The fourth-order valence-corrected chi connectivity index (χ4v) is 15.0. The summed E-state index contributed by atoms with van der Waals surface area (Å²) in [6.45, 7) is 2.08. The summed E-state index contributed by atoms with van der Waals surface area (Å²) in [4.78, 5) is 23.8. The van der Waals surface area contributed by atoms with Gasteiger partial charge in [-0.05, 0) is 146 Å². The number of allylic oxidation sites excluding steroid dienone is 1. The molecule has 0 aliphatic heterocycles. The van der Waals surface area contributed by atoms with Gasteiger partial charge in [-0.2, -0.15) is 0 Å². The highest BCUT2D eigenvalue weighted by molar-refractivity contribution is 6.16. The third kappa shape index (κ3) is 10.8. The molecule has 0 aliphatic rings. The lowest BCUT2D eigenvalue weighted by atomic mass is 10.1. The Balaban J connectivity index is 0.853. The highest BCUT2D eigenvalue weighted by Crippen LogP contribution is 2.47. The van der Waals surface area contributed by atoms with Gasteiger partial charge in [0.05, 0.1) is 55.9 Å². The Morgan fingerprint density at radius 3 is 0.971 bits per heavy atom. The molecule has 0 fully saturated rings. The molecular formula is C94H65N9. The molecule has 0 radical (unpaired) electrons. The smallest absolute Gasteiger partial charge is 0.164 e. The Hall–Kier alpha value is -14.1. The zero-order valence-corrected chi connectivity index (χ0v) is 56.3. The molecule has 0 aliphatic carbocycles. The van der Waals surface area contributed by atoms with Gasteiger partial charge in [-0.15, -0.1) is 6.42 Å². The molecule has 9 nitrogen and oxygen atoms in total. The lowest BCUT2D eigenvalue weighted by Crippen LogP contribution is -2.18. The molecule has 18 rings (SSSR count). The first-order valence-corrected chi connectivity index (χ1v) is 34.7. The van der Waals surface area contributed by atoms with E-state index in [1.807, 2.05) is 12.1 Å². The van der Waals surface area contributed by atoms with Crippen LogP contribution in [0.5, 0.6) is 0 Å². The lowest BCUT2D eigenvalue weighted by Gasteiger charge is -2.29. The Kier molecular flexibility index (Phi) is 15.6. The van der Waals surface area contributed by atoms with Crippen molar-refractivity contribution in [3.63, 3.8) is 0 Å². The summed E-state index contributed by atoms with van der Waals surface area (Å²) in [5, 5.41) is 5.50. The van der Waals surface area contributed by atoms with Gasteiger partial charge in [-0.25, -0.2) is 15.0 Å². The number of benzene rings is 14. The number of rotatable bonds is 16. The standard InChI is InChI=1S/C94H65N9/c1-3-77-78-52-23-26-57-84(78)101(89(77)83(4-2)98(68-37-11-5-12-38-68)69-39-13-6-14-40-69)74-49-29-34-65(62-74)92-95-93(66-35-30-50-75(63-66)102-85-58-27-24-53-79(85)81-55-32-60-87(90(81)102)99(70-41-15-7-16-42-70)71-43-17-8-18-44-71)97-94(96-92)67-36-31-51-76(64-67)103-86-59-28-25-54-80(86)82-56-33-61-88(91(82)103)100(72-45-19-9-20-46-72)73-47-21-10-22-48-73/h1,4-64H,2H3/b83-4+. The molecule has 0 spiro atoms. The maximum absolute atomic E-state index is 6.73. The van der Waals surface area contributed by atoms with Crippen molar-refractivity contribution < 1.29 is 0 Å². The fourth-order valence-electron chi connectivity index (χ4n) is 15.0. The van der Waals surface area contributed by atoms with E-state index in [1.54, 1.807) is 0 Å². The first kappa shape index (κ1) is 61.3. The van der Waals surface area contributed by atoms with Crippen LogP contribution in [0.15, 0.2) is 370 Å². The van der Waals surface area contributed by atoms with Crippen LogP contribution in [0, 0.1) is 12.3 Å². The fraction of sp³-hybridized carbons (Fsp3) is 0.0106. The van der Waals surface area contributed by atoms with Crippen molar-refractivity contribution in [3.8, 4) is 63.6 Å². The summed E-state index contributed by atoms with van der Waals surface area (Å²) in [6, 6.07) is 128. The average molecular weight is 1320 g/mol. The highest BCUT2D eigenvalue weighted by atomic mass is 15.2. The van der Waals surface area contributed by atoms with Crippen LogP contribution < -0.4 is 14.7 Å². The molecule has 18 aromatic rings. The molecule has 4 aromatic heterocycles. The first-order valence-electron chi connectivity index (χ1n) is 34.7. The van der Waals surface area contributed by atoms with E-state index in [0.717, 1.165) is 151 Å². The second-order valence-corrected chi connectivity index (χ2v) is 25.4. The molecule has 0 atom stereocenters. The van der Waals surface area contributed by atoms with E-state index < -0.39 is 0 Å². The van der Waals surface area contributed by atoms with Gasteiger partial charge in [0.15, 0.2) is 17.5 Å². The number of aromatic nitrogens is 6. The topological polar surface area (TPSA) is 63.2 Å². The second kappa shape index (κ2) is 26.3. The summed E-state index contributed by atoms with van der Waals surface area (Å²) < 4.78 is 7.09. The summed E-state index contributed by atoms with van der Waals surface area (Å²) in [7, 11) is 0. The van der Waals surface area contributed by atoms with Crippen molar-refractivity contribution in [2.45, 2.75) is 6.92 Å². The minimum atomic E-state index is 0.496. The molecule has 0 bridgehead atoms. The molecule has 14 aromatic carbocycles. The van der Waals surface area contributed by atoms with Gasteiger partial charge in [0.25, 0.3) is 0 Å². The van der Waals surface area contributed by atoms with Gasteiger partial charge < -0.3 is 28.4 Å². The van der Waals surface area contributed by atoms with Crippen LogP contribution >= 0.6 is 0 Å². The van der Waals surface area contributed by atoms with Crippen LogP contribution in [0.25, 0.3) is 111 Å². The summed E-state index contributed by atoms with van der Waals surface area (Å²) >= 11 is 0. The molecule has 0 amide bonds. The van der Waals surface area contributed by atoms with Crippen molar-refractivity contribution in [2.24, 2.45) is 0 Å².